The van der Waals surface area contributed by atoms with E-state index in [9.17, 15) is 4.79 Å². The highest BCUT2D eigenvalue weighted by Crippen LogP contribution is 2.24. The number of ether oxygens (including phenoxy) is 1. The van der Waals surface area contributed by atoms with Crippen LogP contribution in [0, 0.1) is 6.92 Å². The number of carbonyl (C=O) groups is 1. The van der Waals surface area contributed by atoms with Crippen molar-refractivity contribution in [1.82, 2.24) is 0 Å². The maximum absolute atomic E-state index is 12.0. The Hall–Kier alpha value is -3.27. The molecule has 3 aromatic rings. The molecule has 0 spiro atoms. The van der Waals surface area contributed by atoms with E-state index in [0.717, 1.165) is 22.6 Å². The SMILES string of the molecule is Cc1ccc(OCC(=O)Nc2ccc(N(C)c3ccccc3)cc2)cc1. The normalized spacial score (nSPS) is 10.2. The molecule has 0 saturated carbocycles. The Balaban J connectivity index is 1.55. The van der Waals surface area contributed by atoms with E-state index in [1.807, 2.05) is 80.7 Å². The molecule has 0 saturated heterocycles. The summed E-state index contributed by atoms with van der Waals surface area (Å²) >= 11 is 0. The lowest BCUT2D eigenvalue weighted by Gasteiger charge is -2.19. The third-order valence-corrected chi connectivity index (χ3v) is 4.07. The maximum Gasteiger partial charge on any atom is 0.262 e. The zero-order valence-corrected chi connectivity index (χ0v) is 15.0. The lowest BCUT2D eigenvalue weighted by molar-refractivity contribution is -0.118. The predicted molar refractivity (Wildman–Crippen MR) is 106 cm³/mol. The van der Waals surface area contributed by atoms with Crippen LogP contribution >= 0.6 is 0 Å². The van der Waals surface area contributed by atoms with E-state index in [2.05, 4.69) is 22.3 Å². The topological polar surface area (TPSA) is 41.6 Å². The number of para-hydroxylation sites is 1. The van der Waals surface area contributed by atoms with Crippen molar-refractivity contribution in [3.63, 3.8) is 0 Å². The molecule has 0 fully saturated rings. The molecule has 0 heterocycles. The number of anilines is 3. The smallest absolute Gasteiger partial charge is 0.262 e. The fraction of sp³-hybridized carbons (Fsp3) is 0.136. The lowest BCUT2D eigenvalue weighted by Crippen LogP contribution is -2.20. The summed E-state index contributed by atoms with van der Waals surface area (Å²) in [6.45, 7) is 1.99. The maximum atomic E-state index is 12.0. The third-order valence-electron chi connectivity index (χ3n) is 4.07. The van der Waals surface area contributed by atoms with E-state index in [4.69, 9.17) is 4.74 Å². The first-order chi connectivity index (χ1) is 12.6. The van der Waals surface area contributed by atoms with E-state index < -0.39 is 0 Å². The second-order valence-electron chi connectivity index (χ2n) is 6.09. The molecule has 1 N–H and O–H groups in total. The minimum Gasteiger partial charge on any atom is -0.484 e. The second kappa shape index (κ2) is 8.21. The molecule has 4 nitrogen and oxygen atoms in total. The first-order valence-electron chi connectivity index (χ1n) is 8.50. The van der Waals surface area contributed by atoms with Crippen molar-refractivity contribution in [2.75, 3.05) is 23.9 Å². The van der Waals surface area contributed by atoms with Gasteiger partial charge in [-0.2, -0.15) is 0 Å². The minimum atomic E-state index is -0.185. The largest absolute Gasteiger partial charge is 0.484 e. The first-order valence-corrected chi connectivity index (χ1v) is 8.50. The Morgan fingerprint density at radius 1 is 0.885 bits per heavy atom. The number of nitrogens with one attached hydrogen (secondary N) is 1. The summed E-state index contributed by atoms with van der Waals surface area (Å²) in [5.74, 6) is 0.500. The summed E-state index contributed by atoms with van der Waals surface area (Å²) in [5.41, 5.74) is 4.05. The highest BCUT2D eigenvalue weighted by molar-refractivity contribution is 5.92. The molecular formula is C22H22N2O2. The average molecular weight is 346 g/mol. The van der Waals surface area contributed by atoms with Gasteiger partial charge in [-0.05, 0) is 55.5 Å². The zero-order chi connectivity index (χ0) is 18.4. The molecular weight excluding hydrogens is 324 g/mol. The van der Waals surface area contributed by atoms with Crippen LogP contribution in [0.5, 0.6) is 5.75 Å². The van der Waals surface area contributed by atoms with E-state index in [0.29, 0.717) is 5.75 Å². The summed E-state index contributed by atoms with van der Waals surface area (Å²) in [4.78, 5) is 14.1. The standard InChI is InChI=1S/C22H22N2O2/c1-17-8-14-21(15-9-17)26-16-22(25)23-18-10-12-20(13-11-18)24(2)19-6-4-3-5-7-19/h3-15H,16H2,1-2H3,(H,23,25). The van der Waals surface area contributed by atoms with Crippen LogP contribution in [0.3, 0.4) is 0 Å². The van der Waals surface area contributed by atoms with Gasteiger partial charge in [0, 0.05) is 24.1 Å². The summed E-state index contributed by atoms with van der Waals surface area (Å²) in [6, 6.07) is 25.5. The molecule has 3 aromatic carbocycles. The van der Waals surface area contributed by atoms with Gasteiger partial charge in [-0.25, -0.2) is 0 Å². The highest BCUT2D eigenvalue weighted by atomic mass is 16.5. The number of carbonyl (C=O) groups excluding carboxylic acids is 1. The quantitative estimate of drug-likeness (QED) is 0.698. The van der Waals surface area contributed by atoms with Crippen LogP contribution in [0.1, 0.15) is 5.56 Å². The monoisotopic (exact) mass is 346 g/mol. The third kappa shape index (κ3) is 4.63. The van der Waals surface area contributed by atoms with Gasteiger partial charge in [0.25, 0.3) is 5.91 Å². The minimum absolute atomic E-state index is 0.0191. The van der Waals surface area contributed by atoms with Gasteiger partial charge in [0.05, 0.1) is 0 Å². The van der Waals surface area contributed by atoms with Gasteiger partial charge in [0.15, 0.2) is 6.61 Å². The summed E-state index contributed by atoms with van der Waals surface area (Å²) in [6.07, 6.45) is 0. The highest BCUT2D eigenvalue weighted by Gasteiger charge is 2.06. The lowest BCUT2D eigenvalue weighted by atomic mass is 10.2. The van der Waals surface area contributed by atoms with Crippen molar-refractivity contribution >= 4 is 23.0 Å². The number of benzene rings is 3. The number of hydrogen-bond donors (Lipinski definition) is 1. The van der Waals surface area contributed by atoms with Gasteiger partial charge in [0.2, 0.25) is 0 Å². The fourth-order valence-corrected chi connectivity index (χ4v) is 2.55. The van der Waals surface area contributed by atoms with Gasteiger partial charge in [-0.15, -0.1) is 0 Å². The van der Waals surface area contributed by atoms with Crippen molar-refractivity contribution in [2.24, 2.45) is 0 Å². The average Bonchev–Trinajstić information content (AvgIpc) is 2.68. The van der Waals surface area contributed by atoms with E-state index >= 15 is 0 Å². The van der Waals surface area contributed by atoms with Crippen LogP contribution in [0.2, 0.25) is 0 Å². The Bertz CT molecular complexity index is 844. The van der Waals surface area contributed by atoms with Crippen molar-refractivity contribution in [1.29, 1.82) is 0 Å². The number of aryl methyl sites for hydroxylation is 1. The molecule has 1 amide bonds. The molecule has 132 valence electrons. The molecule has 0 bridgehead atoms. The number of nitrogens with zero attached hydrogens (tertiary/aromatic N) is 1. The Morgan fingerprint density at radius 3 is 2.15 bits per heavy atom. The Morgan fingerprint density at radius 2 is 1.50 bits per heavy atom. The fourth-order valence-electron chi connectivity index (χ4n) is 2.55. The predicted octanol–water partition coefficient (Wildman–Crippen LogP) is 4.78. The molecule has 0 aliphatic heterocycles. The van der Waals surface area contributed by atoms with Gasteiger partial charge in [-0.1, -0.05) is 35.9 Å². The van der Waals surface area contributed by atoms with Gasteiger partial charge in [0.1, 0.15) is 5.75 Å². The summed E-state index contributed by atoms with van der Waals surface area (Å²) in [5, 5.41) is 2.85. The number of amides is 1. The van der Waals surface area contributed by atoms with Crippen LogP contribution in [-0.4, -0.2) is 19.6 Å². The van der Waals surface area contributed by atoms with Gasteiger partial charge >= 0.3 is 0 Å². The molecule has 3 rings (SSSR count). The van der Waals surface area contributed by atoms with Gasteiger partial charge < -0.3 is 15.0 Å². The van der Waals surface area contributed by atoms with E-state index in [-0.39, 0.29) is 12.5 Å². The van der Waals surface area contributed by atoms with Crippen molar-refractivity contribution in [3.05, 3.63) is 84.4 Å². The van der Waals surface area contributed by atoms with Crippen molar-refractivity contribution < 1.29 is 9.53 Å². The van der Waals surface area contributed by atoms with Crippen LogP contribution in [0.4, 0.5) is 17.1 Å². The molecule has 26 heavy (non-hydrogen) atoms. The second-order valence-corrected chi connectivity index (χ2v) is 6.09. The van der Waals surface area contributed by atoms with Crippen LogP contribution in [-0.2, 0) is 4.79 Å². The van der Waals surface area contributed by atoms with Crippen LogP contribution in [0.15, 0.2) is 78.9 Å². The molecule has 0 atom stereocenters. The molecule has 4 heteroatoms. The van der Waals surface area contributed by atoms with E-state index in [1.165, 1.54) is 0 Å². The van der Waals surface area contributed by atoms with E-state index in [1.54, 1.807) is 0 Å². The summed E-state index contributed by atoms with van der Waals surface area (Å²) in [7, 11) is 2.01. The molecule has 0 unspecified atom stereocenters. The Labute approximate surface area is 154 Å². The van der Waals surface area contributed by atoms with Crippen molar-refractivity contribution in [2.45, 2.75) is 6.92 Å². The van der Waals surface area contributed by atoms with Crippen molar-refractivity contribution in [3.8, 4) is 5.75 Å². The van der Waals surface area contributed by atoms with Crippen LogP contribution < -0.4 is 15.0 Å². The first kappa shape index (κ1) is 17.5. The molecule has 0 aliphatic rings. The number of hydrogen-bond acceptors (Lipinski definition) is 3. The van der Waals surface area contributed by atoms with Gasteiger partial charge in [-0.3, -0.25) is 4.79 Å². The molecule has 0 aromatic heterocycles. The Kier molecular flexibility index (Phi) is 5.54. The zero-order valence-electron chi connectivity index (χ0n) is 15.0. The summed E-state index contributed by atoms with van der Waals surface area (Å²) < 4.78 is 5.49. The molecule has 0 aliphatic carbocycles. The number of rotatable bonds is 6. The molecule has 0 radical (unpaired) electrons. The van der Waals surface area contributed by atoms with Crippen LogP contribution in [0.25, 0.3) is 0 Å².